The molecule has 0 unspecified atom stereocenters. The molecule has 2 aliphatic rings. The average molecular weight is 490 g/mol. The van der Waals surface area contributed by atoms with Crippen LogP contribution >= 0.6 is 11.3 Å². The summed E-state index contributed by atoms with van der Waals surface area (Å²) in [6.07, 6.45) is 3.12. The minimum Gasteiger partial charge on any atom is -0.459 e. The van der Waals surface area contributed by atoms with Crippen LogP contribution in [0, 0.1) is 10.1 Å². The Morgan fingerprint density at radius 2 is 1.85 bits per heavy atom. The molecule has 0 bridgehead atoms. The van der Waals surface area contributed by atoms with Gasteiger partial charge in [0.1, 0.15) is 10.6 Å². The van der Waals surface area contributed by atoms with Crippen molar-refractivity contribution in [2.45, 2.75) is 45.6 Å². The molecule has 12 heteroatoms. The topological polar surface area (TPSA) is 143 Å². The van der Waals surface area contributed by atoms with Crippen LogP contribution in [0.3, 0.4) is 0 Å². The Labute approximate surface area is 198 Å². The van der Waals surface area contributed by atoms with Gasteiger partial charge in [-0.3, -0.25) is 14.9 Å². The van der Waals surface area contributed by atoms with Gasteiger partial charge in [-0.15, -0.1) is 11.3 Å². The number of thiophene rings is 1. The van der Waals surface area contributed by atoms with Gasteiger partial charge in [-0.1, -0.05) is 0 Å². The number of carbonyl (C=O) groups excluding carboxylic acids is 3. The summed E-state index contributed by atoms with van der Waals surface area (Å²) in [5.41, 5.74) is 0.318. The Bertz CT molecular complexity index is 1170. The van der Waals surface area contributed by atoms with Crippen LogP contribution in [0.2, 0.25) is 0 Å². The van der Waals surface area contributed by atoms with E-state index >= 15 is 0 Å². The summed E-state index contributed by atoms with van der Waals surface area (Å²) >= 11 is 1.30. The number of benzene rings is 1. The van der Waals surface area contributed by atoms with Crippen LogP contribution in [0.25, 0.3) is 0 Å². The Morgan fingerprint density at radius 1 is 1.15 bits per heavy atom. The number of esters is 2. The predicted octanol–water partition coefficient (Wildman–Crippen LogP) is 3.62. The third kappa shape index (κ3) is 4.81. The standard InChI is InChI=1S/C22H22N2O9S/c1-11(2)33-22(27)19-12-5-3-4-6-17(12)34-20(19)23-18(25)9-30-21(26)13-7-15-16(32-10-31-15)8-14(13)24(28)29/h7-8,11H,3-6,9-10H2,1-2H3,(H,23,25). The number of hydrogen-bond donors (Lipinski definition) is 1. The number of hydrogen-bond acceptors (Lipinski definition) is 10. The lowest BCUT2D eigenvalue weighted by Crippen LogP contribution is -2.22. The lowest BCUT2D eigenvalue weighted by molar-refractivity contribution is -0.385. The number of nitro benzene ring substituents is 1. The van der Waals surface area contributed by atoms with Crippen LogP contribution in [0.1, 0.15) is 57.8 Å². The molecule has 1 aromatic carbocycles. The van der Waals surface area contributed by atoms with Gasteiger partial charge >= 0.3 is 11.9 Å². The van der Waals surface area contributed by atoms with Crippen LogP contribution < -0.4 is 14.8 Å². The second kappa shape index (κ2) is 9.67. The van der Waals surface area contributed by atoms with Crippen molar-refractivity contribution in [3.05, 3.63) is 43.8 Å². The number of anilines is 1. The van der Waals surface area contributed by atoms with Crippen LogP contribution in [0.5, 0.6) is 11.5 Å². The monoisotopic (exact) mass is 490 g/mol. The number of aryl methyl sites for hydroxylation is 1. The molecule has 0 atom stereocenters. The fraction of sp³-hybridized carbons (Fsp3) is 0.409. The summed E-state index contributed by atoms with van der Waals surface area (Å²) in [6.45, 7) is 2.65. The van der Waals surface area contributed by atoms with Gasteiger partial charge in [0.05, 0.1) is 22.7 Å². The first-order valence-corrected chi connectivity index (χ1v) is 11.5. The molecule has 4 rings (SSSR count). The molecular weight excluding hydrogens is 468 g/mol. The van der Waals surface area contributed by atoms with Crippen molar-refractivity contribution in [3.63, 3.8) is 0 Å². The van der Waals surface area contributed by atoms with Crippen LogP contribution in [0.4, 0.5) is 10.7 Å². The molecule has 1 N–H and O–H groups in total. The van der Waals surface area contributed by atoms with Crippen molar-refractivity contribution in [3.8, 4) is 11.5 Å². The molecule has 2 aromatic rings. The van der Waals surface area contributed by atoms with Crippen molar-refractivity contribution in [1.29, 1.82) is 0 Å². The number of nitrogens with one attached hydrogen (secondary N) is 1. The smallest absolute Gasteiger partial charge is 0.345 e. The number of ether oxygens (including phenoxy) is 4. The number of amides is 1. The van der Waals surface area contributed by atoms with Gasteiger partial charge in [0.15, 0.2) is 18.1 Å². The van der Waals surface area contributed by atoms with Gasteiger partial charge in [-0.05, 0) is 45.1 Å². The Morgan fingerprint density at radius 3 is 2.56 bits per heavy atom. The molecule has 180 valence electrons. The number of nitrogens with zero attached hydrogens (tertiary/aromatic N) is 1. The van der Waals surface area contributed by atoms with E-state index in [-0.39, 0.29) is 30.0 Å². The maximum Gasteiger partial charge on any atom is 0.345 e. The van der Waals surface area contributed by atoms with Crippen molar-refractivity contribution in [1.82, 2.24) is 0 Å². The highest BCUT2D eigenvalue weighted by molar-refractivity contribution is 7.17. The third-order valence-electron chi connectivity index (χ3n) is 5.21. The van der Waals surface area contributed by atoms with E-state index in [1.54, 1.807) is 13.8 Å². The van der Waals surface area contributed by atoms with E-state index < -0.39 is 35.1 Å². The molecule has 1 aromatic heterocycles. The summed E-state index contributed by atoms with van der Waals surface area (Å²) in [5, 5.41) is 14.3. The van der Waals surface area contributed by atoms with Crippen molar-refractivity contribution < 1.29 is 38.3 Å². The summed E-state index contributed by atoms with van der Waals surface area (Å²) in [4.78, 5) is 49.4. The summed E-state index contributed by atoms with van der Waals surface area (Å²) in [5.74, 6) is -1.96. The van der Waals surface area contributed by atoms with E-state index in [9.17, 15) is 24.5 Å². The van der Waals surface area contributed by atoms with Crippen LogP contribution in [0.15, 0.2) is 12.1 Å². The van der Waals surface area contributed by atoms with E-state index in [2.05, 4.69) is 5.32 Å². The van der Waals surface area contributed by atoms with E-state index in [1.165, 1.54) is 11.3 Å². The zero-order valence-corrected chi connectivity index (χ0v) is 19.3. The van der Waals surface area contributed by atoms with Crippen LogP contribution in [-0.2, 0) is 27.1 Å². The lowest BCUT2D eigenvalue weighted by atomic mass is 9.95. The average Bonchev–Trinajstić information content (AvgIpc) is 3.39. The van der Waals surface area contributed by atoms with Gasteiger partial charge in [0.2, 0.25) is 6.79 Å². The highest BCUT2D eigenvalue weighted by Crippen LogP contribution is 2.39. The number of nitro groups is 1. The van der Waals surface area contributed by atoms with Gasteiger partial charge in [-0.2, -0.15) is 0 Å². The van der Waals surface area contributed by atoms with E-state index in [4.69, 9.17) is 18.9 Å². The third-order valence-corrected chi connectivity index (χ3v) is 6.42. The molecular formula is C22H22N2O9S. The molecule has 2 heterocycles. The molecule has 0 saturated heterocycles. The fourth-order valence-corrected chi connectivity index (χ4v) is 5.05. The lowest BCUT2D eigenvalue weighted by Gasteiger charge is -2.14. The number of carbonyl (C=O) groups is 3. The highest BCUT2D eigenvalue weighted by atomic mass is 32.1. The molecule has 0 fully saturated rings. The largest absolute Gasteiger partial charge is 0.459 e. The van der Waals surface area contributed by atoms with Crippen LogP contribution in [-0.4, -0.2) is 42.3 Å². The molecule has 1 aliphatic carbocycles. The van der Waals surface area contributed by atoms with Gasteiger partial charge in [0.25, 0.3) is 11.6 Å². The summed E-state index contributed by atoms with van der Waals surface area (Å²) < 4.78 is 20.6. The van der Waals surface area contributed by atoms with Crippen molar-refractivity contribution in [2.24, 2.45) is 0 Å². The molecule has 1 aliphatic heterocycles. The first-order valence-electron chi connectivity index (χ1n) is 10.6. The maximum absolute atomic E-state index is 12.7. The SMILES string of the molecule is CC(C)OC(=O)c1c(NC(=O)COC(=O)c2cc3c(cc2[N+](=O)[O-])OCO3)sc2c1CCCC2. The fourth-order valence-electron chi connectivity index (χ4n) is 3.76. The van der Waals surface area contributed by atoms with Gasteiger partial charge in [0, 0.05) is 10.9 Å². The van der Waals surface area contributed by atoms with Crippen molar-refractivity contribution in [2.75, 3.05) is 18.7 Å². The highest BCUT2D eigenvalue weighted by Gasteiger charge is 2.30. The second-order valence-corrected chi connectivity index (χ2v) is 9.08. The normalized spacial score (nSPS) is 13.9. The van der Waals surface area contributed by atoms with E-state index in [0.29, 0.717) is 17.0 Å². The first-order chi connectivity index (χ1) is 16.2. The molecule has 0 radical (unpaired) electrons. The molecule has 1 amide bonds. The minimum atomic E-state index is -1.06. The zero-order valence-electron chi connectivity index (χ0n) is 18.5. The Hall–Kier alpha value is -3.67. The zero-order chi connectivity index (χ0) is 24.4. The Balaban J connectivity index is 1.48. The molecule has 34 heavy (non-hydrogen) atoms. The van der Waals surface area contributed by atoms with E-state index in [1.807, 2.05) is 0 Å². The first kappa shape index (κ1) is 23.5. The molecule has 0 spiro atoms. The quantitative estimate of drug-likeness (QED) is 0.349. The maximum atomic E-state index is 12.7. The summed E-state index contributed by atoms with van der Waals surface area (Å²) in [6, 6.07) is 2.22. The Kier molecular flexibility index (Phi) is 6.68. The van der Waals surface area contributed by atoms with Gasteiger partial charge in [-0.25, -0.2) is 9.59 Å². The minimum absolute atomic E-state index is 0.125. The summed E-state index contributed by atoms with van der Waals surface area (Å²) in [7, 11) is 0. The molecule has 11 nitrogen and oxygen atoms in total. The predicted molar refractivity (Wildman–Crippen MR) is 120 cm³/mol. The molecule has 0 saturated carbocycles. The number of fused-ring (bicyclic) bond motifs is 2. The van der Waals surface area contributed by atoms with Gasteiger partial charge < -0.3 is 24.3 Å². The number of rotatable bonds is 7. The van der Waals surface area contributed by atoms with Crippen molar-refractivity contribution >= 4 is 39.9 Å². The second-order valence-electron chi connectivity index (χ2n) is 7.97. The van der Waals surface area contributed by atoms with E-state index in [0.717, 1.165) is 41.8 Å².